The fraction of sp³-hybridized carbons (Fsp3) is 0.500. The SMILES string of the molecule is COc1ccc(O[C@@H]2CN(c3ccc(OC)cc3)[C@@H]2CN2CCCCCC2)cc1. The van der Waals surface area contributed by atoms with Crippen LogP contribution in [0.1, 0.15) is 25.7 Å². The molecule has 0 saturated carbocycles. The molecule has 5 heteroatoms. The van der Waals surface area contributed by atoms with Crippen LogP contribution in [-0.2, 0) is 0 Å². The van der Waals surface area contributed by atoms with Crippen molar-refractivity contribution in [2.24, 2.45) is 0 Å². The van der Waals surface area contributed by atoms with Gasteiger partial charge in [0.2, 0.25) is 0 Å². The Morgan fingerprint density at radius 2 is 1.31 bits per heavy atom. The molecule has 2 aliphatic heterocycles. The molecule has 0 aliphatic carbocycles. The second-order valence-electron chi connectivity index (χ2n) is 7.96. The molecule has 156 valence electrons. The molecule has 0 N–H and O–H groups in total. The number of nitrogens with zero attached hydrogens (tertiary/aromatic N) is 2. The van der Waals surface area contributed by atoms with E-state index in [4.69, 9.17) is 14.2 Å². The first-order valence-electron chi connectivity index (χ1n) is 10.7. The first kappa shape index (κ1) is 19.9. The molecule has 2 atom stereocenters. The number of anilines is 1. The molecule has 0 bridgehead atoms. The van der Waals surface area contributed by atoms with Crippen molar-refractivity contribution in [3.05, 3.63) is 48.5 Å². The molecular weight excluding hydrogens is 364 g/mol. The Morgan fingerprint density at radius 1 is 0.759 bits per heavy atom. The van der Waals surface area contributed by atoms with Gasteiger partial charge in [-0.3, -0.25) is 0 Å². The maximum Gasteiger partial charge on any atom is 0.138 e. The summed E-state index contributed by atoms with van der Waals surface area (Å²) in [7, 11) is 3.39. The molecule has 4 rings (SSSR count). The summed E-state index contributed by atoms with van der Waals surface area (Å²) in [4.78, 5) is 5.09. The Kier molecular flexibility index (Phi) is 6.45. The maximum absolute atomic E-state index is 6.38. The average molecular weight is 397 g/mol. The number of hydrogen-bond acceptors (Lipinski definition) is 5. The van der Waals surface area contributed by atoms with E-state index in [1.165, 1.54) is 44.5 Å². The molecule has 2 aromatic rings. The van der Waals surface area contributed by atoms with Gasteiger partial charge in [-0.2, -0.15) is 0 Å². The maximum atomic E-state index is 6.38. The summed E-state index contributed by atoms with van der Waals surface area (Å²) in [6, 6.07) is 16.6. The molecular formula is C24H32N2O3. The van der Waals surface area contributed by atoms with Crippen molar-refractivity contribution in [1.29, 1.82) is 0 Å². The number of likely N-dealkylation sites (tertiary alicyclic amines) is 1. The lowest BCUT2D eigenvalue weighted by molar-refractivity contribution is 0.0888. The highest BCUT2D eigenvalue weighted by Gasteiger charge is 2.41. The molecule has 29 heavy (non-hydrogen) atoms. The van der Waals surface area contributed by atoms with Crippen molar-refractivity contribution in [1.82, 2.24) is 4.90 Å². The van der Waals surface area contributed by atoms with Gasteiger partial charge < -0.3 is 24.0 Å². The van der Waals surface area contributed by atoms with Crippen LogP contribution in [0.25, 0.3) is 0 Å². The fourth-order valence-corrected chi connectivity index (χ4v) is 4.33. The van der Waals surface area contributed by atoms with Gasteiger partial charge in [0.25, 0.3) is 0 Å². The van der Waals surface area contributed by atoms with Gasteiger partial charge in [0.05, 0.1) is 26.8 Å². The third-order valence-electron chi connectivity index (χ3n) is 6.10. The van der Waals surface area contributed by atoms with Crippen LogP contribution in [0.15, 0.2) is 48.5 Å². The van der Waals surface area contributed by atoms with Gasteiger partial charge in [-0.25, -0.2) is 0 Å². The molecule has 0 spiro atoms. The van der Waals surface area contributed by atoms with Gasteiger partial charge in [-0.05, 0) is 74.5 Å². The second-order valence-corrected chi connectivity index (χ2v) is 7.96. The highest BCUT2D eigenvalue weighted by molar-refractivity contribution is 5.53. The molecule has 2 saturated heterocycles. The minimum Gasteiger partial charge on any atom is -0.497 e. The summed E-state index contributed by atoms with van der Waals surface area (Å²) in [6.45, 7) is 4.34. The van der Waals surface area contributed by atoms with Crippen LogP contribution in [0.3, 0.4) is 0 Å². The topological polar surface area (TPSA) is 34.2 Å². The van der Waals surface area contributed by atoms with E-state index >= 15 is 0 Å². The molecule has 0 amide bonds. The zero-order valence-electron chi connectivity index (χ0n) is 17.5. The van der Waals surface area contributed by atoms with E-state index in [0.717, 1.165) is 30.3 Å². The first-order valence-corrected chi connectivity index (χ1v) is 10.7. The number of hydrogen-bond donors (Lipinski definition) is 0. The van der Waals surface area contributed by atoms with E-state index in [-0.39, 0.29) is 6.10 Å². The van der Waals surface area contributed by atoms with Gasteiger partial charge in [0.15, 0.2) is 0 Å². The van der Waals surface area contributed by atoms with Crippen molar-refractivity contribution < 1.29 is 14.2 Å². The Morgan fingerprint density at radius 3 is 1.90 bits per heavy atom. The highest BCUT2D eigenvalue weighted by atomic mass is 16.5. The van der Waals surface area contributed by atoms with E-state index in [0.29, 0.717) is 6.04 Å². The number of benzene rings is 2. The molecule has 0 radical (unpaired) electrons. The van der Waals surface area contributed by atoms with Crippen LogP contribution < -0.4 is 19.1 Å². The quantitative estimate of drug-likeness (QED) is 0.700. The van der Waals surface area contributed by atoms with Crippen LogP contribution in [-0.4, -0.2) is 57.4 Å². The minimum atomic E-state index is 0.189. The van der Waals surface area contributed by atoms with E-state index in [1.807, 2.05) is 36.4 Å². The largest absolute Gasteiger partial charge is 0.497 e. The summed E-state index contributed by atoms with van der Waals surface area (Å²) < 4.78 is 17.0. The fourth-order valence-electron chi connectivity index (χ4n) is 4.33. The van der Waals surface area contributed by atoms with Crippen LogP contribution in [0.4, 0.5) is 5.69 Å². The molecule has 2 heterocycles. The summed E-state index contributed by atoms with van der Waals surface area (Å²) in [5.74, 6) is 2.65. The predicted molar refractivity (Wildman–Crippen MR) is 116 cm³/mol. The Hall–Kier alpha value is -2.40. The van der Waals surface area contributed by atoms with Crippen molar-refractivity contribution in [3.8, 4) is 17.2 Å². The van der Waals surface area contributed by atoms with Crippen molar-refractivity contribution in [3.63, 3.8) is 0 Å². The predicted octanol–water partition coefficient (Wildman–Crippen LogP) is 4.22. The van der Waals surface area contributed by atoms with E-state index < -0.39 is 0 Å². The molecule has 2 aromatic carbocycles. The van der Waals surface area contributed by atoms with Gasteiger partial charge in [-0.15, -0.1) is 0 Å². The highest BCUT2D eigenvalue weighted by Crippen LogP contribution is 2.32. The van der Waals surface area contributed by atoms with Crippen LogP contribution >= 0.6 is 0 Å². The van der Waals surface area contributed by atoms with E-state index in [1.54, 1.807) is 14.2 Å². The monoisotopic (exact) mass is 396 g/mol. The molecule has 0 unspecified atom stereocenters. The van der Waals surface area contributed by atoms with Gasteiger partial charge in [0, 0.05) is 12.2 Å². The lowest BCUT2D eigenvalue weighted by atomic mass is 9.96. The molecule has 2 fully saturated rings. The van der Waals surface area contributed by atoms with E-state index in [9.17, 15) is 0 Å². The lowest BCUT2D eigenvalue weighted by Crippen LogP contribution is -2.66. The Balaban J connectivity index is 1.47. The summed E-state index contributed by atoms with van der Waals surface area (Å²) in [6.07, 6.45) is 5.51. The van der Waals surface area contributed by atoms with Gasteiger partial charge in [-0.1, -0.05) is 12.8 Å². The van der Waals surface area contributed by atoms with Crippen molar-refractivity contribution >= 4 is 5.69 Å². The second kappa shape index (κ2) is 9.40. The number of rotatable bonds is 7. The third-order valence-corrected chi connectivity index (χ3v) is 6.10. The zero-order valence-corrected chi connectivity index (χ0v) is 17.5. The summed E-state index contributed by atoms with van der Waals surface area (Å²) >= 11 is 0. The molecule has 0 aromatic heterocycles. The Labute approximate surface area is 174 Å². The standard InChI is InChI=1S/C24H32N2O3/c1-27-20-9-7-19(8-10-20)26-18-24(29-22-13-11-21(28-2)12-14-22)23(26)17-25-15-5-3-4-6-16-25/h7-14,23-24H,3-6,15-18H2,1-2H3/t23-,24-/m1/s1. The summed E-state index contributed by atoms with van der Waals surface area (Å²) in [5.41, 5.74) is 1.24. The zero-order chi connectivity index (χ0) is 20.1. The molecule has 5 nitrogen and oxygen atoms in total. The third kappa shape index (κ3) is 4.78. The molecule has 2 aliphatic rings. The van der Waals surface area contributed by atoms with E-state index in [2.05, 4.69) is 21.9 Å². The summed E-state index contributed by atoms with van der Waals surface area (Å²) in [5, 5.41) is 0. The van der Waals surface area contributed by atoms with Gasteiger partial charge in [0.1, 0.15) is 23.4 Å². The van der Waals surface area contributed by atoms with Crippen molar-refractivity contribution in [2.75, 3.05) is 45.3 Å². The minimum absolute atomic E-state index is 0.189. The number of ether oxygens (including phenoxy) is 3. The smallest absolute Gasteiger partial charge is 0.138 e. The van der Waals surface area contributed by atoms with Crippen LogP contribution in [0, 0.1) is 0 Å². The van der Waals surface area contributed by atoms with Crippen LogP contribution in [0.2, 0.25) is 0 Å². The average Bonchev–Trinajstić information content (AvgIpc) is 3.04. The Bertz CT molecular complexity index is 755. The van der Waals surface area contributed by atoms with Crippen LogP contribution in [0.5, 0.6) is 17.2 Å². The normalized spacial score (nSPS) is 22.5. The number of methoxy groups -OCH3 is 2. The first-order chi connectivity index (χ1) is 14.3. The van der Waals surface area contributed by atoms with Crippen molar-refractivity contribution in [2.45, 2.75) is 37.8 Å². The van der Waals surface area contributed by atoms with Gasteiger partial charge >= 0.3 is 0 Å². The lowest BCUT2D eigenvalue weighted by Gasteiger charge is -2.50.